The summed E-state index contributed by atoms with van der Waals surface area (Å²) >= 11 is 0. The van der Waals surface area contributed by atoms with Crippen LogP contribution in [-0.4, -0.2) is 25.2 Å². The Morgan fingerprint density at radius 2 is 0.737 bits per heavy atom. The van der Waals surface area contributed by atoms with E-state index in [2.05, 4.69) is 0 Å². The van der Waals surface area contributed by atoms with Crippen LogP contribution in [0.4, 0.5) is 0 Å². The first-order valence-corrected chi connectivity index (χ1v) is 16.6. The molecule has 0 aromatic rings. The maximum absolute atomic E-state index is 14.0. The molecule has 0 N–H and O–H groups in total. The minimum Gasteiger partial charge on any atom is -0.465 e. The summed E-state index contributed by atoms with van der Waals surface area (Å²) in [6.07, 6.45) is 22.0. The fourth-order valence-electron chi connectivity index (χ4n) is 14.4. The molecule has 0 aromatic heterocycles. The minimum atomic E-state index is -0.425. The molecule has 12 fully saturated rings. The molecule has 0 radical (unpaired) electrons. The van der Waals surface area contributed by atoms with E-state index in [-0.39, 0.29) is 22.8 Å². The summed E-state index contributed by atoms with van der Waals surface area (Å²) in [5.74, 6) is 6.39. The van der Waals surface area contributed by atoms with Gasteiger partial charge < -0.3 is 9.47 Å². The Balaban J connectivity index is 0.899. The predicted molar refractivity (Wildman–Crippen MR) is 143 cm³/mol. The maximum atomic E-state index is 14.0. The van der Waals surface area contributed by atoms with Crippen LogP contribution in [0.15, 0.2) is 0 Å². The van der Waals surface area contributed by atoms with E-state index in [0.717, 1.165) is 61.2 Å². The van der Waals surface area contributed by atoms with Gasteiger partial charge in [-0.15, -0.1) is 0 Å². The van der Waals surface area contributed by atoms with E-state index in [1.165, 1.54) is 83.5 Å². The topological polar surface area (TPSA) is 52.6 Å². The summed E-state index contributed by atoms with van der Waals surface area (Å²) in [5.41, 5.74) is -0.319. The third-order valence-electron chi connectivity index (χ3n) is 14.3. The highest BCUT2D eigenvalue weighted by Gasteiger charge is 2.65. The molecule has 38 heavy (non-hydrogen) atoms. The molecule has 0 aromatic carbocycles. The van der Waals surface area contributed by atoms with Crippen molar-refractivity contribution in [3.63, 3.8) is 0 Å². The van der Waals surface area contributed by atoms with Crippen molar-refractivity contribution in [1.82, 2.24) is 0 Å². The number of hydrogen-bond acceptors (Lipinski definition) is 4. The fourth-order valence-corrected chi connectivity index (χ4v) is 14.4. The molecule has 12 aliphatic rings. The highest BCUT2D eigenvalue weighted by atomic mass is 16.5. The standard InChI is InChI=1S/C34H48O4/c35-29(37-19-31-8-21-1-22(9-31)3-23(2-21)10-31)33-14-27-7-28(15-33)17-34(16-27,18-33)30(36)38-20-32-11-24-4-25(12-32)6-26(5-24)13-32/h21-28H,1-20H2. The Morgan fingerprint density at radius 3 is 1.05 bits per heavy atom. The summed E-state index contributed by atoms with van der Waals surface area (Å²) in [5, 5.41) is 0. The molecule has 0 saturated heterocycles. The summed E-state index contributed by atoms with van der Waals surface area (Å²) in [4.78, 5) is 27.9. The van der Waals surface area contributed by atoms with Gasteiger partial charge in [-0.1, -0.05) is 0 Å². The highest BCUT2D eigenvalue weighted by molar-refractivity contribution is 5.83. The number of hydrogen-bond donors (Lipinski definition) is 0. The lowest BCUT2D eigenvalue weighted by Gasteiger charge is -2.60. The summed E-state index contributed by atoms with van der Waals surface area (Å²) in [7, 11) is 0. The molecule has 0 aliphatic heterocycles. The SMILES string of the molecule is O=C(OCC12CC3CC(CC(C3)C1)C2)C12CC3CC(C1)CC(C(=O)OCC14CC5CC(CC(C5)C1)C4)(C3)C2. The highest BCUT2D eigenvalue weighted by Crippen LogP contribution is 2.67. The molecule has 0 atom stereocenters. The van der Waals surface area contributed by atoms with E-state index in [0.29, 0.717) is 31.5 Å². The first-order chi connectivity index (χ1) is 18.3. The van der Waals surface area contributed by atoms with E-state index >= 15 is 0 Å². The number of ether oxygens (including phenoxy) is 2. The molecule has 12 rings (SSSR count). The third kappa shape index (κ3) is 3.52. The zero-order valence-electron chi connectivity index (χ0n) is 23.4. The third-order valence-corrected chi connectivity index (χ3v) is 14.3. The van der Waals surface area contributed by atoms with Crippen molar-refractivity contribution >= 4 is 11.9 Å². The van der Waals surface area contributed by atoms with Gasteiger partial charge in [0.2, 0.25) is 0 Å². The molecule has 4 heteroatoms. The monoisotopic (exact) mass is 520 g/mol. The second kappa shape index (κ2) is 7.81. The lowest BCUT2D eigenvalue weighted by Crippen LogP contribution is -2.59. The van der Waals surface area contributed by atoms with Crippen LogP contribution < -0.4 is 0 Å². The number of rotatable bonds is 6. The molecule has 4 nitrogen and oxygen atoms in total. The fraction of sp³-hybridized carbons (Fsp3) is 0.941. The normalized spacial score (nSPS) is 56.4. The Morgan fingerprint density at radius 1 is 0.447 bits per heavy atom. The second-order valence-electron chi connectivity index (χ2n) is 17.5. The molecular formula is C34H48O4. The van der Waals surface area contributed by atoms with Crippen LogP contribution in [0.1, 0.15) is 116 Å². The molecule has 0 amide bonds. The largest absolute Gasteiger partial charge is 0.465 e. The minimum absolute atomic E-state index is 0.0561. The second-order valence-corrected chi connectivity index (χ2v) is 17.5. The Labute approximate surface area is 228 Å². The first kappa shape index (κ1) is 23.6. The molecule has 0 unspecified atom stereocenters. The van der Waals surface area contributed by atoms with Crippen molar-refractivity contribution in [3.8, 4) is 0 Å². The number of carbonyl (C=O) groups excluding carboxylic acids is 2. The van der Waals surface area contributed by atoms with Crippen molar-refractivity contribution in [2.75, 3.05) is 13.2 Å². The van der Waals surface area contributed by atoms with E-state index in [4.69, 9.17) is 9.47 Å². The zero-order chi connectivity index (χ0) is 25.3. The lowest BCUT2D eigenvalue weighted by atomic mass is 9.44. The van der Waals surface area contributed by atoms with E-state index < -0.39 is 10.8 Å². The van der Waals surface area contributed by atoms with Crippen molar-refractivity contribution in [2.45, 2.75) is 116 Å². The van der Waals surface area contributed by atoms with Crippen LogP contribution in [0.3, 0.4) is 0 Å². The smallest absolute Gasteiger partial charge is 0.312 e. The molecule has 12 saturated carbocycles. The summed E-state index contributed by atoms with van der Waals surface area (Å²) < 4.78 is 12.7. The van der Waals surface area contributed by atoms with Gasteiger partial charge in [-0.05, 0) is 163 Å². The van der Waals surface area contributed by atoms with Crippen LogP contribution in [0.25, 0.3) is 0 Å². The van der Waals surface area contributed by atoms with E-state index in [9.17, 15) is 9.59 Å². The molecule has 208 valence electrons. The van der Waals surface area contributed by atoms with Gasteiger partial charge in [0.25, 0.3) is 0 Å². The molecule has 12 aliphatic carbocycles. The number of carbonyl (C=O) groups is 2. The van der Waals surface area contributed by atoms with Gasteiger partial charge in [0.15, 0.2) is 0 Å². The van der Waals surface area contributed by atoms with Gasteiger partial charge in [-0.25, -0.2) is 0 Å². The Bertz CT molecular complexity index is 879. The van der Waals surface area contributed by atoms with Gasteiger partial charge in [0.1, 0.15) is 0 Å². The van der Waals surface area contributed by atoms with Crippen LogP contribution in [-0.2, 0) is 19.1 Å². The van der Waals surface area contributed by atoms with Crippen LogP contribution >= 0.6 is 0 Å². The van der Waals surface area contributed by atoms with Gasteiger partial charge in [-0.2, -0.15) is 0 Å². The quantitative estimate of drug-likeness (QED) is 0.351. The van der Waals surface area contributed by atoms with Gasteiger partial charge in [-0.3, -0.25) is 9.59 Å². The first-order valence-electron chi connectivity index (χ1n) is 16.6. The Hall–Kier alpha value is -1.06. The van der Waals surface area contributed by atoms with E-state index in [1.54, 1.807) is 0 Å². The van der Waals surface area contributed by atoms with Crippen molar-refractivity contribution in [3.05, 3.63) is 0 Å². The van der Waals surface area contributed by atoms with Crippen molar-refractivity contribution in [2.24, 2.45) is 69.0 Å². The molecule has 0 heterocycles. The average molecular weight is 521 g/mol. The van der Waals surface area contributed by atoms with Gasteiger partial charge >= 0.3 is 11.9 Å². The average Bonchev–Trinajstić information content (AvgIpc) is 2.83. The van der Waals surface area contributed by atoms with Crippen molar-refractivity contribution < 1.29 is 19.1 Å². The maximum Gasteiger partial charge on any atom is 0.312 e. The lowest BCUT2D eigenvalue weighted by molar-refractivity contribution is -0.202. The molecular weight excluding hydrogens is 472 g/mol. The summed E-state index contributed by atoms with van der Waals surface area (Å²) in [6.45, 7) is 1.30. The van der Waals surface area contributed by atoms with Crippen LogP contribution in [0, 0.1) is 69.0 Å². The zero-order valence-corrected chi connectivity index (χ0v) is 23.4. The van der Waals surface area contributed by atoms with Crippen molar-refractivity contribution in [1.29, 1.82) is 0 Å². The molecule has 12 bridgehead atoms. The van der Waals surface area contributed by atoms with Gasteiger partial charge in [0, 0.05) is 10.8 Å². The Kier molecular flexibility index (Phi) is 4.86. The van der Waals surface area contributed by atoms with E-state index in [1.807, 2.05) is 0 Å². The van der Waals surface area contributed by atoms with Gasteiger partial charge in [0.05, 0.1) is 24.0 Å². The molecule has 0 spiro atoms. The van der Waals surface area contributed by atoms with Crippen LogP contribution in [0.5, 0.6) is 0 Å². The number of esters is 2. The van der Waals surface area contributed by atoms with Crippen LogP contribution in [0.2, 0.25) is 0 Å². The summed E-state index contributed by atoms with van der Waals surface area (Å²) in [6, 6.07) is 0. The predicted octanol–water partition coefficient (Wildman–Crippen LogP) is 7.09.